The van der Waals surface area contributed by atoms with Crippen LogP contribution >= 0.6 is 15.9 Å². The van der Waals surface area contributed by atoms with E-state index in [2.05, 4.69) is 21.2 Å². The summed E-state index contributed by atoms with van der Waals surface area (Å²) in [6.07, 6.45) is 2.10. The lowest BCUT2D eigenvalue weighted by atomic mass is 10.1. The zero-order chi connectivity index (χ0) is 14.3. The predicted molar refractivity (Wildman–Crippen MR) is 72.5 cm³/mol. The van der Waals surface area contributed by atoms with Gasteiger partial charge >= 0.3 is 5.97 Å². The number of hydrogen-bond donors (Lipinski definition) is 2. The van der Waals surface area contributed by atoms with Gasteiger partial charge in [-0.05, 0) is 40.9 Å². The van der Waals surface area contributed by atoms with Crippen molar-refractivity contribution < 1.29 is 19.1 Å². The van der Waals surface area contributed by atoms with Gasteiger partial charge in [-0.3, -0.25) is 9.59 Å². The van der Waals surface area contributed by atoms with Crippen molar-refractivity contribution in [3.05, 3.63) is 34.1 Å². The fraction of sp³-hybridized carbons (Fsp3) is 0.385. The Morgan fingerprint density at radius 3 is 2.68 bits per heavy atom. The molecule has 1 rings (SSSR count). The first-order valence-corrected chi connectivity index (χ1v) is 6.75. The van der Waals surface area contributed by atoms with Crippen molar-refractivity contribution in [2.75, 3.05) is 6.54 Å². The van der Waals surface area contributed by atoms with E-state index in [-0.39, 0.29) is 16.5 Å². The molecule has 104 valence electrons. The Labute approximate surface area is 119 Å². The van der Waals surface area contributed by atoms with Crippen molar-refractivity contribution in [2.24, 2.45) is 0 Å². The van der Waals surface area contributed by atoms with Crippen LogP contribution in [0.2, 0.25) is 0 Å². The highest BCUT2D eigenvalue weighted by Gasteiger charge is 2.12. The summed E-state index contributed by atoms with van der Waals surface area (Å²) in [5.74, 6) is -1.86. The number of benzene rings is 1. The minimum atomic E-state index is -0.819. The van der Waals surface area contributed by atoms with Crippen LogP contribution in [0.1, 0.15) is 36.0 Å². The van der Waals surface area contributed by atoms with E-state index in [9.17, 15) is 14.0 Å². The summed E-state index contributed by atoms with van der Waals surface area (Å²) in [6.45, 7) is 0.407. The lowest BCUT2D eigenvalue weighted by Gasteiger charge is -2.06. The van der Waals surface area contributed by atoms with Crippen LogP contribution in [0.3, 0.4) is 0 Å². The fourth-order valence-corrected chi connectivity index (χ4v) is 1.92. The number of amides is 1. The summed E-state index contributed by atoms with van der Waals surface area (Å²) in [4.78, 5) is 22.0. The summed E-state index contributed by atoms with van der Waals surface area (Å²) in [6, 6.07) is 4.53. The highest BCUT2D eigenvalue weighted by atomic mass is 79.9. The molecule has 0 fully saturated rings. The van der Waals surface area contributed by atoms with E-state index in [1.54, 1.807) is 6.07 Å². The molecule has 1 amide bonds. The number of rotatable bonds is 7. The van der Waals surface area contributed by atoms with Gasteiger partial charge in [0.1, 0.15) is 5.82 Å². The molecular weight excluding hydrogens is 317 g/mol. The maximum Gasteiger partial charge on any atom is 0.303 e. The first-order valence-electron chi connectivity index (χ1n) is 5.96. The van der Waals surface area contributed by atoms with E-state index in [1.165, 1.54) is 12.1 Å². The van der Waals surface area contributed by atoms with Gasteiger partial charge in [-0.1, -0.05) is 12.5 Å². The molecule has 1 aromatic rings. The van der Waals surface area contributed by atoms with Gasteiger partial charge < -0.3 is 10.4 Å². The molecule has 0 aromatic heterocycles. The highest BCUT2D eigenvalue weighted by molar-refractivity contribution is 9.10. The SMILES string of the molecule is O=C(O)CCCCCNC(=O)c1cccc(Br)c1F. The second kappa shape index (κ2) is 7.89. The van der Waals surface area contributed by atoms with Crippen LogP contribution in [0, 0.1) is 5.82 Å². The van der Waals surface area contributed by atoms with Crippen molar-refractivity contribution >= 4 is 27.8 Å². The second-order valence-electron chi connectivity index (χ2n) is 4.06. The van der Waals surface area contributed by atoms with Gasteiger partial charge in [-0.15, -0.1) is 0 Å². The average Bonchev–Trinajstić information content (AvgIpc) is 2.36. The van der Waals surface area contributed by atoms with Crippen LogP contribution in [0.5, 0.6) is 0 Å². The van der Waals surface area contributed by atoms with Gasteiger partial charge in [0.15, 0.2) is 0 Å². The van der Waals surface area contributed by atoms with Crippen LogP contribution in [0.15, 0.2) is 22.7 Å². The molecule has 0 aliphatic carbocycles. The van der Waals surface area contributed by atoms with Crippen molar-refractivity contribution in [3.8, 4) is 0 Å². The van der Waals surface area contributed by atoms with Gasteiger partial charge in [0.25, 0.3) is 5.91 Å². The average molecular weight is 332 g/mol. The quantitative estimate of drug-likeness (QED) is 0.755. The molecule has 0 spiro atoms. The molecule has 0 unspecified atom stereocenters. The maximum atomic E-state index is 13.6. The van der Waals surface area contributed by atoms with E-state index in [0.29, 0.717) is 25.8 Å². The second-order valence-corrected chi connectivity index (χ2v) is 4.92. The van der Waals surface area contributed by atoms with E-state index in [1.807, 2.05) is 0 Å². The van der Waals surface area contributed by atoms with Crippen molar-refractivity contribution in [3.63, 3.8) is 0 Å². The number of carbonyl (C=O) groups is 2. The normalized spacial score (nSPS) is 10.2. The zero-order valence-electron chi connectivity index (χ0n) is 10.3. The van der Waals surface area contributed by atoms with E-state index in [4.69, 9.17) is 5.11 Å². The van der Waals surface area contributed by atoms with Gasteiger partial charge in [-0.25, -0.2) is 4.39 Å². The van der Waals surface area contributed by atoms with E-state index < -0.39 is 17.7 Å². The Bertz CT molecular complexity index is 465. The zero-order valence-corrected chi connectivity index (χ0v) is 11.9. The van der Waals surface area contributed by atoms with Crippen LogP contribution in [0.25, 0.3) is 0 Å². The molecule has 0 heterocycles. The maximum absolute atomic E-state index is 13.6. The Hall–Kier alpha value is -1.43. The van der Waals surface area contributed by atoms with Crippen molar-refractivity contribution in [1.82, 2.24) is 5.32 Å². The molecular formula is C13H15BrFNO3. The number of carboxylic acids is 1. The molecule has 0 bridgehead atoms. The Morgan fingerprint density at radius 2 is 2.00 bits per heavy atom. The Kier molecular flexibility index (Phi) is 6.49. The number of carboxylic acid groups (broad SMARTS) is 1. The smallest absolute Gasteiger partial charge is 0.303 e. The number of carbonyl (C=O) groups excluding carboxylic acids is 1. The van der Waals surface area contributed by atoms with E-state index in [0.717, 1.165) is 0 Å². The number of halogens is 2. The standard InChI is InChI=1S/C13H15BrFNO3/c14-10-6-4-5-9(12(10)15)13(19)16-8-3-1-2-7-11(17)18/h4-6H,1-3,7-8H2,(H,16,19)(H,17,18). The molecule has 2 N–H and O–H groups in total. The third-order valence-corrected chi connectivity index (χ3v) is 3.16. The summed E-state index contributed by atoms with van der Waals surface area (Å²) < 4.78 is 13.8. The molecule has 0 atom stereocenters. The van der Waals surface area contributed by atoms with Crippen LogP contribution in [-0.2, 0) is 4.79 Å². The Balaban J connectivity index is 2.32. The monoisotopic (exact) mass is 331 g/mol. The topological polar surface area (TPSA) is 66.4 Å². The summed E-state index contributed by atoms with van der Waals surface area (Å²) in [5.41, 5.74) is -0.0000824. The third kappa shape index (κ3) is 5.38. The summed E-state index contributed by atoms with van der Waals surface area (Å²) in [5, 5.41) is 11.1. The van der Waals surface area contributed by atoms with Gasteiger partial charge in [0.2, 0.25) is 0 Å². The lowest BCUT2D eigenvalue weighted by Crippen LogP contribution is -2.25. The summed E-state index contributed by atoms with van der Waals surface area (Å²) >= 11 is 3.02. The molecule has 0 radical (unpaired) electrons. The van der Waals surface area contributed by atoms with E-state index >= 15 is 0 Å². The largest absolute Gasteiger partial charge is 0.481 e. The van der Waals surface area contributed by atoms with Crippen LogP contribution in [-0.4, -0.2) is 23.5 Å². The highest BCUT2D eigenvalue weighted by Crippen LogP contribution is 2.18. The number of nitrogens with one attached hydrogen (secondary N) is 1. The first-order chi connectivity index (χ1) is 9.02. The molecule has 0 saturated carbocycles. The molecule has 1 aromatic carbocycles. The fourth-order valence-electron chi connectivity index (χ4n) is 1.55. The molecule has 0 aliphatic rings. The molecule has 6 heteroatoms. The van der Waals surface area contributed by atoms with Gasteiger partial charge in [0, 0.05) is 13.0 Å². The molecule has 0 aliphatic heterocycles. The van der Waals surface area contributed by atoms with Gasteiger partial charge in [-0.2, -0.15) is 0 Å². The first kappa shape index (κ1) is 15.6. The van der Waals surface area contributed by atoms with Crippen molar-refractivity contribution in [1.29, 1.82) is 0 Å². The van der Waals surface area contributed by atoms with Crippen LogP contribution in [0.4, 0.5) is 4.39 Å². The van der Waals surface area contributed by atoms with Crippen LogP contribution < -0.4 is 5.32 Å². The minimum absolute atomic E-state index is 0.0000824. The lowest BCUT2D eigenvalue weighted by molar-refractivity contribution is -0.137. The molecule has 19 heavy (non-hydrogen) atoms. The van der Waals surface area contributed by atoms with Gasteiger partial charge in [0.05, 0.1) is 10.0 Å². The third-order valence-electron chi connectivity index (χ3n) is 2.55. The summed E-state index contributed by atoms with van der Waals surface area (Å²) in [7, 11) is 0. The minimum Gasteiger partial charge on any atom is -0.481 e. The number of aliphatic carboxylic acids is 1. The number of hydrogen-bond acceptors (Lipinski definition) is 2. The Morgan fingerprint density at radius 1 is 1.26 bits per heavy atom. The van der Waals surface area contributed by atoms with Crippen molar-refractivity contribution in [2.45, 2.75) is 25.7 Å². The predicted octanol–water partition coefficient (Wildman–Crippen LogP) is 2.96. The molecule has 4 nitrogen and oxygen atoms in total. The number of unbranched alkanes of at least 4 members (excludes halogenated alkanes) is 2. The molecule has 0 saturated heterocycles.